The van der Waals surface area contributed by atoms with Crippen LogP contribution >= 0.6 is 0 Å². The number of pyridine rings is 2. The molecule has 9 nitrogen and oxygen atoms in total. The Balaban J connectivity index is 0.00000324. The first-order valence-electron chi connectivity index (χ1n) is 11.1. The van der Waals surface area contributed by atoms with Crippen molar-refractivity contribution in [2.75, 3.05) is 23.7 Å². The van der Waals surface area contributed by atoms with Gasteiger partial charge in [0.2, 0.25) is 5.91 Å². The van der Waals surface area contributed by atoms with E-state index >= 15 is 0 Å². The lowest BCUT2D eigenvalue weighted by molar-refractivity contribution is -0.133. The summed E-state index contributed by atoms with van der Waals surface area (Å²) in [6.07, 6.45) is 4.41. The van der Waals surface area contributed by atoms with Gasteiger partial charge in [-0.3, -0.25) is 15.1 Å². The minimum atomic E-state index is -0.834. The molecule has 0 saturated carbocycles. The molecule has 2 aromatic heterocycles. The van der Waals surface area contributed by atoms with Gasteiger partial charge in [-0.2, -0.15) is 0 Å². The van der Waals surface area contributed by atoms with Crippen molar-refractivity contribution in [2.45, 2.75) is 26.8 Å². The fraction of sp³-hybridized carbons (Fsp3) is 0.240. The van der Waals surface area contributed by atoms with E-state index in [1.54, 1.807) is 35.5 Å². The van der Waals surface area contributed by atoms with Crippen LogP contribution in [0.15, 0.2) is 60.9 Å². The highest BCUT2D eigenvalue weighted by Gasteiger charge is 2.26. The van der Waals surface area contributed by atoms with E-state index in [2.05, 4.69) is 25.9 Å². The SMILES string of the molecule is CCN(CC)C(=O)[C@@H](NC(=O)Nc1cc(C=N)c(Nc2ccnc(C)c2)cn1)c1ccccc1.[HH].[HH]. The third kappa shape index (κ3) is 6.16. The van der Waals surface area contributed by atoms with Gasteiger partial charge in [0.1, 0.15) is 11.9 Å². The van der Waals surface area contributed by atoms with Gasteiger partial charge in [-0.15, -0.1) is 0 Å². The summed E-state index contributed by atoms with van der Waals surface area (Å²) < 4.78 is 0. The van der Waals surface area contributed by atoms with Gasteiger partial charge in [0.15, 0.2) is 0 Å². The Hall–Kier alpha value is -4.27. The predicted molar refractivity (Wildman–Crippen MR) is 138 cm³/mol. The summed E-state index contributed by atoms with van der Waals surface area (Å²) >= 11 is 0. The second-order valence-electron chi connectivity index (χ2n) is 7.56. The number of rotatable bonds is 9. The van der Waals surface area contributed by atoms with Crippen molar-refractivity contribution < 1.29 is 12.4 Å². The molecule has 0 radical (unpaired) electrons. The van der Waals surface area contributed by atoms with E-state index in [1.165, 1.54) is 6.21 Å². The molecule has 9 heteroatoms. The molecular weight excluding hydrogens is 430 g/mol. The monoisotopic (exact) mass is 463 g/mol. The number of urea groups is 1. The number of anilines is 3. The van der Waals surface area contributed by atoms with E-state index < -0.39 is 12.1 Å². The molecule has 0 aliphatic heterocycles. The van der Waals surface area contributed by atoms with Crippen LogP contribution in [0.25, 0.3) is 0 Å². The Bertz CT molecular complexity index is 1160. The van der Waals surface area contributed by atoms with Crippen molar-refractivity contribution in [3.63, 3.8) is 0 Å². The molecule has 180 valence electrons. The molecule has 3 aromatic rings. The van der Waals surface area contributed by atoms with Crippen molar-refractivity contribution in [1.82, 2.24) is 20.2 Å². The number of carbonyl (C=O) groups is 2. The number of carbonyl (C=O) groups excluding carboxylic acids is 2. The summed E-state index contributed by atoms with van der Waals surface area (Å²) in [5.74, 6) is 0.0706. The van der Waals surface area contributed by atoms with Gasteiger partial charge in [0, 0.05) is 45.3 Å². The van der Waals surface area contributed by atoms with Crippen LogP contribution in [-0.4, -0.2) is 46.1 Å². The molecule has 0 aliphatic carbocycles. The summed E-state index contributed by atoms with van der Waals surface area (Å²) in [6.45, 7) is 6.76. The number of hydrogen-bond donors (Lipinski definition) is 4. The first kappa shape index (κ1) is 24.4. The zero-order valence-corrected chi connectivity index (χ0v) is 19.5. The zero-order valence-electron chi connectivity index (χ0n) is 19.5. The van der Waals surface area contributed by atoms with Gasteiger partial charge < -0.3 is 20.9 Å². The Kier molecular flexibility index (Phi) is 8.28. The number of hydrogen-bond acceptors (Lipinski definition) is 6. The van der Waals surface area contributed by atoms with Crippen LogP contribution in [0.2, 0.25) is 0 Å². The summed E-state index contributed by atoms with van der Waals surface area (Å²) in [7, 11) is 0. The summed E-state index contributed by atoms with van der Waals surface area (Å²) in [4.78, 5) is 36.0. The van der Waals surface area contributed by atoms with Crippen LogP contribution in [0.1, 0.15) is 39.6 Å². The van der Waals surface area contributed by atoms with E-state index in [0.29, 0.717) is 29.9 Å². The molecule has 0 saturated heterocycles. The fourth-order valence-corrected chi connectivity index (χ4v) is 3.48. The van der Waals surface area contributed by atoms with Gasteiger partial charge in [0.05, 0.1) is 11.9 Å². The topological polar surface area (TPSA) is 123 Å². The third-order valence-electron chi connectivity index (χ3n) is 5.24. The number of likely N-dealkylation sites (N-methyl/N-ethyl adjacent to an activating group) is 1. The van der Waals surface area contributed by atoms with E-state index in [0.717, 1.165) is 11.4 Å². The Morgan fingerprint density at radius 3 is 2.50 bits per heavy atom. The minimum Gasteiger partial charge on any atom is -0.354 e. The molecule has 1 atom stereocenters. The molecule has 3 rings (SSSR count). The Morgan fingerprint density at radius 2 is 1.85 bits per heavy atom. The third-order valence-corrected chi connectivity index (χ3v) is 5.24. The van der Waals surface area contributed by atoms with Crippen molar-refractivity contribution in [2.24, 2.45) is 0 Å². The van der Waals surface area contributed by atoms with Gasteiger partial charge in [-0.25, -0.2) is 9.78 Å². The van der Waals surface area contributed by atoms with Crippen LogP contribution in [0.5, 0.6) is 0 Å². The molecule has 2 heterocycles. The lowest BCUT2D eigenvalue weighted by Crippen LogP contribution is -2.44. The number of aryl methyl sites for hydroxylation is 1. The van der Waals surface area contributed by atoms with Crippen LogP contribution < -0.4 is 16.0 Å². The molecule has 34 heavy (non-hydrogen) atoms. The lowest BCUT2D eigenvalue weighted by Gasteiger charge is -2.26. The van der Waals surface area contributed by atoms with Crippen molar-refractivity contribution in [3.05, 3.63) is 77.7 Å². The van der Waals surface area contributed by atoms with E-state index in [1.807, 2.05) is 51.1 Å². The highest BCUT2D eigenvalue weighted by Crippen LogP contribution is 2.22. The lowest BCUT2D eigenvalue weighted by atomic mass is 10.1. The maximum atomic E-state index is 13.1. The Labute approximate surface area is 202 Å². The summed E-state index contributed by atoms with van der Waals surface area (Å²) in [5.41, 5.74) is 3.52. The summed E-state index contributed by atoms with van der Waals surface area (Å²) in [5, 5.41) is 16.4. The molecule has 4 N–H and O–H groups in total. The van der Waals surface area contributed by atoms with Crippen molar-refractivity contribution in [1.29, 1.82) is 5.41 Å². The molecule has 0 bridgehead atoms. The van der Waals surface area contributed by atoms with E-state index in [9.17, 15) is 9.59 Å². The number of amides is 3. The number of benzene rings is 1. The number of nitrogens with one attached hydrogen (secondary N) is 4. The standard InChI is InChI=1S/C25H29N7O2.2H2/c1-4-32(5-2)24(33)23(18-9-7-6-8-10-18)31-25(34)30-22-14-19(15-26)21(16-28-22)29-20-11-12-27-17(3)13-20;;/h6-16,23,26H,4-5H2,1-3H3,(H,27,29)(H2,28,30,31,34);2*1H/t23-;;/m0../s1. The highest BCUT2D eigenvalue weighted by molar-refractivity contribution is 5.95. The highest BCUT2D eigenvalue weighted by atomic mass is 16.2. The van der Waals surface area contributed by atoms with Crippen LogP contribution in [0.3, 0.4) is 0 Å². The van der Waals surface area contributed by atoms with Gasteiger partial charge in [0.25, 0.3) is 0 Å². The van der Waals surface area contributed by atoms with Gasteiger partial charge in [-0.1, -0.05) is 30.3 Å². The quantitative estimate of drug-likeness (QED) is 0.341. The van der Waals surface area contributed by atoms with E-state index in [4.69, 9.17) is 5.41 Å². The maximum Gasteiger partial charge on any atom is 0.321 e. The average molecular weight is 464 g/mol. The maximum absolute atomic E-state index is 13.1. The normalized spacial score (nSPS) is 11.3. The largest absolute Gasteiger partial charge is 0.354 e. The van der Waals surface area contributed by atoms with E-state index in [-0.39, 0.29) is 14.6 Å². The molecule has 0 unspecified atom stereocenters. The molecule has 0 aliphatic rings. The van der Waals surface area contributed by atoms with Gasteiger partial charge in [-0.05, 0) is 44.5 Å². The average Bonchev–Trinajstić information content (AvgIpc) is 2.84. The van der Waals surface area contributed by atoms with Crippen LogP contribution in [-0.2, 0) is 4.79 Å². The minimum absolute atomic E-state index is 0. The second kappa shape index (κ2) is 11.6. The summed E-state index contributed by atoms with van der Waals surface area (Å²) in [6, 6.07) is 13.0. The molecule has 1 aromatic carbocycles. The predicted octanol–water partition coefficient (Wildman–Crippen LogP) is 4.75. The van der Waals surface area contributed by atoms with Crippen LogP contribution in [0, 0.1) is 12.3 Å². The van der Waals surface area contributed by atoms with Crippen molar-refractivity contribution >= 4 is 35.3 Å². The fourth-order valence-electron chi connectivity index (χ4n) is 3.48. The number of aromatic nitrogens is 2. The second-order valence-corrected chi connectivity index (χ2v) is 7.56. The smallest absolute Gasteiger partial charge is 0.321 e. The zero-order chi connectivity index (χ0) is 24.5. The first-order valence-corrected chi connectivity index (χ1v) is 11.1. The van der Waals surface area contributed by atoms with Gasteiger partial charge >= 0.3 is 6.03 Å². The van der Waals surface area contributed by atoms with Crippen molar-refractivity contribution in [3.8, 4) is 0 Å². The number of nitrogens with zero attached hydrogens (tertiary/aromatic N) is 3. The van der Waals surface area contributed by atoms with Crippen LogP contribution in [0.4, 0.5) is 22.0 Å². The first-order chi connectivity index (χ1) is 16.4. The molecule has 0 fully saturated rings. The molecule has 3 amide bonds. The molecular formula is C25H33N7O2. The molecule has 0 spiro atoms. The Morgan fingerprint density at radius 1 is 1.12 bits per heavy atom.